The van der Waals surface area contributed by atoms with Gasteiger partial charge in [0.1, 0.15) is 18.3 Å². The van der Waals surface area contributed by atoms with E-state index >= 15 is 0 Å². The lowest BCUT2D eigenvalue weighted by atomic mass is 10.1. The van der Waals surface area contributed by atoms with Crippen molar-refractivity contribution in [3.05, 3.63) is 11.6 Å². The van der Waals surface area contributed by atoms with Gasteiger partial charge in [0.25, 0.3) is 0 Å². The summed E-state index contributed by atoms with van der Waals surface area (Å²) in [6.45, 7) is 7.47. The fraction of sp³-hybridized carbons (Fsp3) is 0.786. The monoisotopic (exact) mass is 280 g/mol. The van der Waals surface area contributed by atoms with Crippen LogP contribution in [0.25, 0.3) is 0 Å². The fourth-order valence-corrected chi connectivity index (χ4v) is 2.20. The lowest BCUT2D eigenvalue weighted by molar-refractivity contribution is -0.130. The molecule has 20 heavy (non-hydrogen) atoms. The zero-order valence-corrected chi connectivity index (χ0v) is 12.6. The second-order valence-electron chi connectivity index (χ2n) is 6.14. The molecule has 1 N–H and O–H groups in total. The maximum absolute atomic E-state index is 11.6. The third kappa shape index (κ3) is 4.30. The van der Waals surface area contributed by atoms with Crippen molar-refractivity contribution in [3.8, 4) is 0 Å². The van der Waals surface area contributed by atoms with Crippen LogP contribution in [-0.2, 0) is 28.9 Å². The van der Waals surface area contributed by atoms with Gasteiger partial charge in [0.05, 0.1) is 5.60 Å². The average Bonchev–Trinajstić information content (AvgIpc) is 2.79. The van der Waals surface area contributed by atoms with E-state index in [0.29, 0.717) is 13.0 Å². The molecule has 0 fully saturated rings. The van der Waals surface area contributed by atoms with E-state index in [0.717, 1.165) is 24.6 Å². The zero-order chi connectivity index (χ0) is 14.6. The third-order valence-electron chi connectivity index (χ3n) is 3.24. The number of nitrogens with one attached hydrogen (secondary N) is 1. The van der Waals surface area contributed by atoms with Crippen LogP contribution in [0.5, 0.6) is 0 Å². The highest BCUT2D eigenvalue weighted by Gasteiger charge is 2.16. The number of hydrogen-bond donors (Lipinski definition) is 1. The van der Waals surface area contributed by atoms with Crippen LogP contribution in [0, 0.1) is 0 Å². The molecule has 0 saturated carbocycles. The highest BCUT2D eigenvalue weighted by Crippen LogP contribution is 2.14. The van der Waals surface area contributed by atoms with Crippen molar-refractivity contribution in [1.82, 2.24) is 20.1 Å². The second kappa shape index (κ2) is 6.35. The quantitative estimate of drug-likeness (QED) is 0.876. The molecule has 6 heteroatoms. The molecule has 0 aromatic carbocycles. The van der Waals surface area contributed by atoms with E-state index < -0.39 is 0 Å². The van der Waals surface area contributed by atoms with Gasteiger partial charge in [-0.1, -0.05) is 0 Å². The Morgan fingerprint density at radius 1 is 1.35 bits per heavy atom. The molecule has 6 nitrogen and oxygen atoms in total. The van der Waals surface area contributed by atoms with Gasteiger partial charge < -0.3 is 14.6 Å². The Balaban J connectivity index is 1.73. The normalized spacial score (nSPS) is 14.9. The number of aromatic nitrogens is 3. The molecule has 1 aliphatic rings. The van der Waals surface area contributed by atoms with Crippen LogP contribution in [0.2, 0.25) is 0 Å². The third-order valence-corrected chi connectivity index (χ3v) is 3.24. The second-order valence-corrected chi connectivity index (χ2v) is 6.14. The molecule has 0 saturated heterocycles. The maximum Gasteiger partial charge on any atom is 0.246 e. The first-order chi connectivity index (χ1) is 9.46. The number of carbonyl (C=O) groups is 1. The summed E-state index contributed by atoms with van der Waals surface area (Å²) in [4.78, 5) is 11.6. The number of rotatable bonds is 5. The molecule has 0 aliphatic carbocycles. The van der Waals surface area contributed by atoms with Crippen molar-refractivity contribution >= 4 is 5.91 Å². The van der Waals surface area contributed by atoms with E-state index in [9.17, 15) is 4.79 Å². The molecule has 0 bridgehead atoms. The SMILES string of the molecule is CC(C)(C)OCC(=O)NCCc1nnc2n1CCCC2. The standard InChI is InChI=1S/C14H24N4O2/c1-14(2,3)20-10-13(19)15-8-7-12-17-16-11-6-4-5-9-18(11)12/h4-10H2,1-3H3,(H,15,19). The summed E-state index contributed by atoms with van der Waals surface area (Å²) >= 11 is 0. The minimum absolute atomic E-state index is 0.0849. The minimum atomic E-state index is -0.288. The van der Waals surface area contributed by atoms with Crippen LogP contribution in [0.4, 0.5) is 0 Å². The molecule has 0 radical (unpaired) electrons. The van der Waals surface area contributed by atoms with Crippen molar-refractivity contribution in [2.24, 2.45) is 0 Å². The first kappa shape index (κ1) is 15.0. The van der Waals surface area contributed by atoms with Crippen LogP contribution >= 0.6 is 0 Å². The number of nitrogens with zero attached hydrogens (tertiary/aromatic N) is 3. The topological polar surface area (TPSA) is 69.0 Å². The number of hydrogen-bond acceptors (Lipinski definition) is 4. The number of carbonyl (C=O) groups excluding carboxylic acids is 1. The van der Waals surface area contributed by atoms with Crippen LogP contribution in [-0.4, -0.2) is 39.4 Å². The summed E-state index contributed by atoms with van der Waals surface area (Å²) in [7, 11) is 0. The van der Waals surface area contributed by atoms with Gasteiger partial charge in [-0.2, -0.15) is 0 Å². The Bertz CT molecular complexity index is 462. The minimum Gasteiger partial charge on any atom is -0.366 e. The molecule has 0 atom stereocenters. The molecule has 2 rings (SSSR count). The van der Waals surface area contributed by atoms with Gasteiger partial charge in [-0.3, -0.25) is 4.79 Å². The summed E-state index contributed by atoms with van der Waals surface area (Å²) in [5, 5.41) is 11.3. The number of fused-ring (bicyclic) bond motifs is 1. The Labute approximate surface area is 119 Å². The van der Waals surface area contributed by atoms with Gasteiger partial charge in [-0.15, -0.1) is 10.2 Å². The fourth-order valence-electron chi connectivity index (χ4n) is 2.20. The molecule has 0 unspecified atom stereocenters. The van der Waals surface area contributed by atoms with Gasteiger partial charge in [-0.05, 0) is 33.6 Å². The van der Waals surface area contributed by atoms with Crippen LogP contribution in [0.1, 0.15) is 45.3 Å². The van der Waals surface area contributed by atoms with E-state index in [1.165, 1.54) is 12.8 Å². The van der Waals surface area contributed by atoms with Crippen molar-refractivity contribution < 1.29 is 9.53 Å². The van der Waals surface area contributed by atoms with E-state index in [4.69, 9.17) is 4.74 Å². The van der Waals surface area contributed by atoms with Crippen molar-refractivity contribution in [2.45, 2.75) is 58.6 Å². The molecule has 1 amide bonds. The van der Waals surface area contributed by atoms with E-state index in [-0.39, 0.29) is 18.1 Å². The zero-order valence-electron chi connectivity index (χ0n) is 12.6. The van der Waals surface area contributed by atoms with Gasteiger partial charge >= 0.3 is 0 Å². The predicted molar refractivity (Wildman–Crippen MR) is 75.4 cm³/mol. The van der Waals surface area contributed by atoms with Gasteiger partial charge in [0.2, 0.25) is 5.91 Å². The lowest BCUT2D eigenvalue weighted by Gasteiger charge is -2.19. The van der Waals surface area contributed by atoms with E-state index in [2.05, 4.69) is 20.1 Å². The lowest BCUT2D eigenvalue weighted by Crippen LogP contribution is -2.33. The Kier molecular flexibility index (Phi) is 4.75. The number of aryl methyl sites for hydroxylation is 1. The Hall–Kier alpha value is -1.43. The highest BCUT2D eigenvalue weighted by molar-refractivity contribution is 5.77. The van der Waals surface area contributed by atoms with Crippen molar-refractivity contribution in [3.63, 3.8) is 0 Å². The number of amides is 1. The van der Waals surface area contributed by atoms with Gasteiger partial charge in [-0.25, -0.2) is 0 Å². The molecule has 2 heterocycles. The van der Waals surface area contributed by atoms with Crippen LogP contribution in [0.15, 0.2) is 0 Å². The van der Waals surface area contributed by atoms with Crippen molar-refractivity contribution in [2.75, 3.05) is 13.2 Å². The van der Waals surface area contributed by atoms with Crippen LogP contribution < -0.4 is 5.32 Å². The molecule has 1 aromatic rings. The summed E-state index contributed by atoms with van der Waals surface area (Å²) in [5.41, 5.74) is -0.288. The average molecular weight is 280 g/mol. The summed E-state index contributed by atoms with van der Waals surface area (Å²) in [5.74, 6) is 1.96. The summed E-state index contributed by atoms with van der Waals surface area (Å²) in [6, 6.07) is 0. The van der Waals surface area contributed by atoms with E-state index in [1.807, 2.05) is 20.8 Å². The summed E-state index contributed by atoms with van der Waals surface area (Å²) < 4.78 is 7.61. The Morgan fingerprint density at radius 3 is 2.90 bits per heavy atom. The highest BCUT2D eigenvalue weighted by atomic mass is 16.5. The molecule has 0 spiro atoms. The number of ether oxygens (including phenoxy) is 1. The van der Waals surface area contributed by atoms with Gasteiger partial charge in [0, 0.05) is 25.9 Å². The predicted octanol–water partition coefficient (Wildman–Crippen LogP) is 1.09. The Morgan fingerprint density at radius 2 is 2.15 bits per heavy atom. The van der Waals surface area contributed by atoms with E-state index in [1.54, 1.807) is 0 Å². The molecule has 1 aliphatic heterocycles. The smallest absolute Gasteiger partial charge is 0.246 e. The maximum atomic E-state index is 11.6. The molecule has 112 valence electrons. The first-order valence-electron chi connectivity index (χ1n) is 7.27. The van der Waals surface area contributed by atoms with Crippen molar-refractivity contribution in [1.29, 1.82) is 0 Å². The molecular weight excluding hydrogens is 256 g/mol. The first-order valence-corrected chi connectivity index (χ1v) is 7.27. The van der Waals surface area contributed by atoms with Crippen LogP contribution in [0.3, 0.4) is 0 Å². The van der Waals surface area contributed by atoms with Gasteiger partial charge in [0.15, 0.2) is 0 Å². The largest absolute Gasteiger partial charge is 0.366 e. The molecule has 1 aromatic heterocycles. The summed E-state index contributed by atoms with van der Waals surface area (Å²) in [6.07, 6.45) is 4.11. The molecular formula is C14H24N4O2.